The third kappa shape index (κ3) is 5.94. The molecule has 3 rings (SSSR count). The van der Waals surface area contributed by atoms with E-state index in [4.69, 9.17) is 0 Å². The minimum absolute atomic E-state index is 0.215. The molecular weight excluding hydrogens is 355 g/mol. The first-order chi connectivity index (χ1) is 12.9. The summed E-state index contributed by atoms with van der Waals surface area (Å²) in [5, 5.41) is 3.34. The van der Waals surface area contributed by atoms with Crippen molar-refractivity contribution in [1.29, 1.82) is 0 Å². The summed E-state index contributed by atoms with van der Waals surface area (Å²) in [7, 11) is 0. The number of carbonyl (C=O) groups excluding carboxylic acids is 1. The van der Waals surface area contributed by atoms with Crippen molar-refractivity contribution in [2.45, 2.75) is 38.4 Å². The Hall–Kier alpha value is -1.60. The summed E-state index contributed by atoms with van der Waals surface area (Å²) in [6, 6.07) is 5.50. The highest BCUT2D eigenvalue weighted by Gasteiger charge is 2.30. The molecule has 0 spiro atoms. The van der Waals surface area contributed by atoms with Crippen LogP contribution in [0.3, 0.4) is 0 Å². The van der Waals surface area contributed by atoms with Crippen LogP contribution < -0.4 is 5.32 Å². The van der Waals surface area contributed by atoms with Gasteiger partial charge in [0.1, 0.15) is 0 Å². The molecule has 1 N–H and O–H groups in total. The summed E-state index contributed by atoms with van der Waals surface area (Å²) in [5.41, 5.74) is 0.0576. The van der Waals surface area contributed by atoms with Crippen molar-refractivity contribution in [3.63, 3.8) is 0 Å². The van der Waals surface area contributed by atoms with Crippen molar-refractivity contribution >= 4 is 5.91 Å². The number of rotatable bonds is 5. The Morgan fingerprint density at radius 1 is 1.11 bits per heavy atom. The van der Waals surface area contributed by atoms with Gasteiger partial charge in [-0.25, -0.2) is 0 Å². The molecule has 1 aromatic carbocycles. The van der Waals surface area contributed by atoms with Crippen LogP contribution in [0, 0.1) is 5.92 Å². The van der Waals surface area contributed by atoms with Crippen molar-refractivity contribution < 1.29 is 18.0 Å². The molecule has 0 atom stereocenters. The molecule has 1 amide bonds. The molecule has 2 saturated heterocycles. The Labute approximate surface area is 158 Å². The van der Waals surface area contributed by atoms with Gasteiger partial charge in [-0.1, -0.05) is 18.2 Å². The highest BCUT2D eigenvalue weighted by Crippen LogP contribution is 2.29. The van der Waals surface area contributed by atoms with E-state index in [0.29, 0.717) is 50.6 Å². The number of nitrogens with zero attached hydrogens (tertiary/aromatic N) is 2. The topological polar surface area (TPSA) is 35.6 Å². The van der Waals surface area contributed by atoms with Crippen LogP contribution >= 0.6 is 0 Å². The molecule has 0 aliphatic carbocycles. The first-order valence-corrected chi connectivity index (χ1v) is 9.79. The molecule has 2 aliphatic rings. The summed E-state index contributed by atoms with van der Waals surface area (Å²) in [6.07, 6.45) is -0.436. The molecular formula is C20H28F3N3O. The van der Waals surface area contributed by atoms with E-state index < -0.39 is 11.7 Å². The molecule has 0 aromatic heterocycles. The fourth-order valence-electron chi connectivity index (χ4n) is 3.92. The molecule has 0 bridgehead atoms. The van der Waals surface area contributed by atoms with E-state index in [1.165, 1.54) is 12.1 Å². The largest absolute Gasteiger partial charge is 0.416 e. The molecule has 2 heterocycles. The Balaban J connectivity index is 1.42. The number of hydrogen-bond acceptors (Lipinski definition) is 3. The third-order valence-electron chi connectivity index (χ3n) is 5.61. The average molecular weight is 383 g/mol. The molecule has 2 aliphatic heterocycles. The first-order valence-electron chi connectivity index (χ1n) is 9.79. The predicted octanol–water partition coefficient (Wildman–Crippen LogP) is 3.13. The zero-order valence-electron chi connectivity index (χ0n) is 15.6. The fourth-order valence-corrected chi connectivity index (χ4v) is 3.92. The van der Waals surface area contributed by atoms with E-state index in [2.05, 4.69) is 10.2 Å². The van der Waals surface area contributed by atoms with E-state index in [9.17, 15) is 18.0 Å². The van der Waals surface area contributed by atoms with Crippen molar-refractivity contribution in [2.75, 3.05) is 39.3 Å². The molecule has 150 valence electrons. The predicted molar refractivity (Wildman–Crippen MR) is 98.1 cm³/mol. The molecule has 4 nitrogen and oxygen atoms in total. The Kier molecular flexibility index (Phi) is 6.76. The van der Waals surface area contributed by atoms with Crippen LogP contribution in [-0.2, 0) is 17.5 Å². The number of nitrogens with one attached hydrogen (secondary N) is 1. The van der Waals surface area contributed by atoms with Crippen LogP contribution in [0.1, 0.15) is 36.8 Å². The molecule has 27 heavy (non-hydrogen) atoms. The van der Waals surface area contributed by atoms with Gasteiger partial charge in [0.2, 0.25) is 5.91 Å². The smallest absolute Gasteiger partial charge is 0.340 e. The number of carbonyl (C=O) groups is 1. The van der Waals surface area contributed by atoms with Crippen LogP contribution in [0.4, 0.5) is 13.2 Å². The van der Waals surface area contributed by atoms with E-state index in [0.717, 1.165) is 38.4 Å². The van der Waals surface area contributed by atoms with E-state index >= 15 is 0 Å². The minimum atomic E-state index is -4.31. The van der Waals surface area contributed by atoms with Crippen LogP contribution in [0.2, 0.25) is 0 Å². The van der Waals surface area contributed by atoms with Gasteiger partial charge in [-0.2, -0.15) is 13.2 Å². The number of alkyl halides is 3. The van der Waals surface area contributed by atoms with Gasteiger partial charge in [-0.15, -0.1) is 0 Å². The monoisotopic (exact) mass is 383 g/mol. The van der Waals surface area contributed by atoms with Crippen molar-refractivity contribution in [3.8, 4) is 0 Å². The molecule has 0 radical (unpaired) electrons. The maximum Gasteiger partial charge on any atom is 0.416 e. The third-order valence-corrected chi connectivity index (χ3v) is 5.61. The number of hydrogen-bond donors (Lipinski definition) is 1. The number of piperidine rings is 1. The minimum Gasteiger partial charge on any atom is -0.340 e. The lowest BCUT2D eigenvalue weighted by molar-refractivity contribution is -0.137. The van der Waals surface area contributed by atoms with Gasteiger partial charge in [0, 0.05) is 39.1 Å². The Morgan fingerprint density at radius 3 is 2.48 bits per heavy atom. The van der Waals surface area contributed by atoms with Crippen LogP contribution in [0.5, 0.6) is 0 Å². The molecule has 7 heteroatoms. The lowest BCUT2D eigenvalue weighted by Crippen LogP contribution is -2.48. The van der Waals surface area contributed by atoms with Crippen LogP contribution in [0.25, 0.3) is 0 Å². The van der Waals surface area contributed by atoms with Gasteiger partial charge in [0.15, 0.2) is 0 Å². The molecule has 2 fully saturated rings. The van der Waals surface area contributed by atoms with E-state index in [-0.39, 0.29) is 5.91 Å². The van der Waals surface area contributed by atoms with Gasteiger partial charge in [0.05, 0.1) is 5.56 Å². The number of benzene rings is 1. The van der Waals surface area contributed by atoms with Crippen LogP contribution in [0.15, 0.2) is 24.3 Å². The fraction of sp³-hybridized carbons (Fsp3) is 0.650. The Morgan fingerprint density at radius 2 is 1.81 bits per heavy atom. The lowest BCUT2D eigenvalue weighted by Gasteiger charge is -2.35. The SMILES string of the molecule is O=C(CCC1CCNCC1)N1CCN(Cc2cccc(C(F)(F)F)c2)CC1. The maximum atomic E-state index is 12.8. The van der Waals surface area contributed by atoms with Gasteiger partial charge >= 0.3 is 6.18 Å². The van der Waals surface area contributed by atoms with Gasteiger partial charge in [0.25, 0.3) is 0 Å². The quantitative estimate of drug-likeness (QED) is 0.849. The average Bonchev–Trinajstić information content (AvgIpc) is 2.67. The van der Waals surface area contributed by atoms with E-state index in [1.54, 1.807) is 6.07 Å². The zero-order valence-corrected chi connectivity index (χ0v) is 15.6. The van der Waals surface area contributed by atoms with Crippen molar-refractivity contribution in [1.82, 2.24) is 15.1 Å². The first kappa shape index (κ1) is 20.1. The standard InChI is InChI=1S/C20H28F3N3O/c21-20(22,23)18-3-1-2-17(14-18)15-25-10-12-26(13-11-25)19(27)5-4-16-6-8-24-9-7-16/h1-3,14,16,24H,4-13,15H2. The number of amides is 1. The second kappa shape index (κ2) is 9.06. The maximum absolute atomic E-state index is 12.8. The summed E-state index contributed by atoms with van der Waals surface area (Å²) < 4.78 is 38.5. The molecule has 0 unspecified atom stereocenters. The highest BCUT2D eigenvalue weighted by atomic mass is 19.4. The normalized spacial score (nSPS) is 20.0. The zero-order chi connectivity index (χ0) is 19.3. The molecule has 1 aromatic rings. The van der Waals surface area contributed by atoms with Gasteiger partial charge in [-0.3, -0.25) is 9.69 Å². The van der Waals surface area contributed by atoms with Crippen molar-refractivity contribution in [3.05, 3.63) is 35.4 Å². The van der Waals surface area contributed by atoms with Crippen molar-refractivity contribution in [2.24, 2.45) is 5.92 Å². The summed E-state index contributed by atoms with van der Waals surface area (Å²) in [5.74, 6) is 0.865. The highest BCUT2D eigenvalue weighted by molar-refractivity contribution is 5.76. The van der Waals surface area contributed by atoms with Crippen LogP contribution in [-0.4, -0.2) is 55.0 Å². The summed E-state index contributed by atoms with van der Waals surface area (Å²) in [6.45, 7) is 5.31. The number of piperazine rings is 1. The summed E-state index contributed by atoms with van der Waals surface area (Å²) >= 11 is 0. The Bertz CT molecular complexity index is 621. The second-order valence-corrected chi connectivity index (χ2v) is 7.59. The summed E-state index contributed by atoms with van der Waals surface area (Å²) in [4.78, 5) is 16.5. The van der Waals surface area contributed by atoms with Gasteiger partial charge in [-0.05, 0) is 49.9 Å². The second-order valence-electron chi connectivity index (χ2n) is 7.59. The lowest BCUT2D eigenvalue weighted by atomic mass is 9.93. The molecule has 0 saturated carbocycles. The van der Waals surface area contributed by atoms with Gasteiger partial charge < -0.3 is 10.2 Å². The van der Waals surface area contributed by atoms with E-state index in [1.807, 2.05) is 4.90 Å². The number of halogens is 3.